The fourth-order valence-corrected chi connectivity index (χ4v) is 2.67. The lowest BCUT2D eigenvalue weighted by molar-refractivity contribution is 0.139. The smallest absolute Gasteiger partial charge is 0.407 e. The summed E-state index contributed by atoms with van der Waals surface area (Å²) in [6.45, 7) is 4.25. The van der Waals surface area contributed by atoms with Crippen molar-refractivity contribution in [3.05, 3.63) is 27.8 Å². The molecule has 1 aromatic rings. The molecule has 1 N–H and O–H groups in total. The van der Waals surface area contributed by atoms with Gasteiger partial charge in [-0.15, -0.1) is 11.6 Å². The Balaban J connectivity index is 2.67. The van der Waals surface area contributed by atoms with Gasteiger partial charge in [-0.3, -0.25) is 0 Å². The number of nitrogens with zero attached hydrogens (tertiary/aromatic N) is 1. The molecule has 2 atom stereocenters. The Labute approximate surface area is 132 Å². The predicted octanol–water partition coefficient (Wildman–Crippen LogP) is 3.69. The van der Waals surface area contributed by atoms with E-state index in [1.165, 1.54) is 0 Å². The zero-order chi connectivity index (χ0) is 15.6. The monoisotopic (exact) mass is 328 g/mol. The van der Waals surface area contributed by atoms with Crippen molar-refractivity contribution in [2.24, 2.45) is 0 Å². The summed E-state index contributed by atoms with van der Waals surface area (Å²) in [5.74, 6) is 0.461. The molecule has 2 rings (SSSR count). The van der Waals surface area contributed by atoms with E-state index in [-0.39, 0.29) is 22.5 Å². The molecular weight excluding hydrogens is 315 g/mol. The highest BCUT2D eigenvalue weighted by atomic mass is 35.5. The van der Waals surface area contributed by atoms with Crippen LogP contribution in [0.3, 0.4) is 0 Å². The van der Waals surface area contributed by atoms with Gasteiger partial charge in [0.1, 0.15) is 11.8 Å². The Kier molecular flexibility index (Phi) is 4.81. The third kappa shape index (κ3) is 3.02. The second kappa shape index (κ2) is 6.42. The molecule has 0 radical (unpaired) electrons. The summed E-state index contributed by atoms with van der Waals surface area (Å²) >= 11 is 12.3. The van der Waals surface area contributed by atoms with Crippen molar-refractivity contribution in [2.45, 2.75) is 25.3 Å². The van der Waals surface area contributed by atoms with Gasteiger partial charge in [0.05, 0.1) is 34.7 Å². The minimum absolute atomic E-state index is 0.239. The van der Waals surface area contributed by atoms with Crippen molar-refractivity contribution < 1.29 is 14.3 Å². The normalized spacial score (nSPS) is 18.6. The van der Waals surface area contributed by atoms with Crippen molar-refractivity contribution in [3.8, 4) is 11.8 Å². The average molecular weight is 329 g/mol. The minimum atomic E-state index is -0.624. The first-order chi connectivity index (χ1) is 9.99. The second-order valence-electron chi connectivity index (χ2n) is 4.50. The summed E-state index contributed by atoms with van der Waals surface area (Å²) in [6.07, 6.45) is -1.16. The van der Waals surface area contributed by atoms with Crippen LogP contribution in [0.1, 0.15) is 42.0 Å². The molecule has 1 amide bonds. The van der Waals surface area contributed by atoms with Crippen LogP contribution in [0.2, 0.25) is 5.02 Å². The largest absolute Gasteiger partial charge is 0.493 e. The van der Waals surface area contributed by atoms with E-state index < -0.39 is 12.2 Å². The molecule has 7 heteroatoms. The fourth-order valence-electron chi connectivity index (χ4n) is 2.24. The molecule has 0 aromatic heterocycles. The van der Waals surface area contributed by atoms with Gasteiger partial charge in [-0.1, -0.05) is 11.6 Å². The van der Waals surface area contributed by atoms with Crippen molar-refractivity contribution in [3.63, 3.8) is 0 Å². The van der Waals surface area contributed by atoms with Gasteiger partial charge in [0.2, 0.25) is 0 Å². The third-order valence-electron chi connectivity index (χ3n) is 3.13. The Bertz CT molecular complexity index is 611. The van der Waals surface area contributed by atoms with Gasteiger partial charge in [-0.2, -0.15) is 5.26 Å². The minimum Gasteiger partial charge on any atom is -0.493 e. The number of alkyl halides is 1. The maximum Gasteiger partial charge on any atom is 0.407 e. The Morgan fingerprint density at radius 1 is 1.67 bits per heavy atom. The van der Waals surface area contributed by atoms with Gasteiger partial charge in [0, 0.05) is 5.56 Å². The van der Waals surface area contributed by atoms with Crippen LogP contribution in [0.15, 0.2) is 6.07 Å². The van der Waals surface area contributed by atoms with Crippen molar-refractivity contribution >= 4 is 29.3 Å². The lowest BCUT2D eigenvalue weighted by Crippen LogP contribution is -2.14. The van der Waals surface area contributed by atoms with Crippen molar-refractivity contribution in [1.29, 1.82) is 5.26 Å². The van der Waals surface area contributed by atoms with E-state index in [2.05, 4.69) is 5.32 Å². The van der Waals surface area contributed by atoms with Gasteiger partial charge in [-0.25, -0.2) is 4.79 Å². The average Bonchev–Trinajstić information content (AvgIpc) is 2.86. The molecule has 1 aliphatic rings. The number of benzene rings is 1. The molecule has 1 saturated heterocycles. The molecule has 1 aliphatic heterocycles. The standard InChI is InChI=1S/C14H14Cl2N2O3/c1-3-20-13-8(7(2)15)4-10(16)9(5-17)12(13)11-6-18-14(19)21-11/h4,7,11H,3,6H2,1-2H3,(H,18,19). The number of hydrogen-bond donors (Lipinski definition) is 1. The van der Waals surface area contributed by atoms with Gasteiger partial charge < -0.3 is 14.8 Å². The quantitative estimate of drug-likeness (QED) is 0.855. The molecule has 0 spiro atoms. The summed E-state index contributed by atoms with van der Waals surface area (Å²) in [4.78, 5) is 11.3. The van der Waals surface area contributed by atoms with Crippen LogP contribution in [0.4, 0.5) is 4.79 Å². The SMILES string of the molecule is CCOc1c(C(C)Cl)cc(Cl)c(C#N)c1C1CNC(=O)O1. The number of amides is 1. The number of halogens is 2. The fraction of sp³-hybridized carbons (Fsp3) is 0.429. The number of rotatable bonds is 4. The molecule has 1 aromatic carbocycles. The topological polar surface area (TPSA) is 71.3 Å². The first-order valence-corrected chi connectivity index (χ1v) is 7.28. The Morgan fingerprint density at radius 3 is 2.86 bits per heavy atom. The van der Waals surface area contributed by atoms with E-state index in [9.17, 15) is 10.1 Å². The number of nitrogens with one attached hydrogen (secondary N) is 1. The lowest BCUT2D eigenvalue weighted by Gasteiger charge is -2.21. The predicted molar refractivity (Wildman–Crippen MR) is 78.8 cm³/mol. The highest BCUT2D eigenvalue weighted by molar-refractivity contribution is 6.32. The second-order valence-corrected chi connectivity index (χ2v) is 5.56. The molecule has 112 valence electrons. The summed E-state index contributed by atoms with van der Waals surface area (Å²) in [5, 5.41) is 11.8. The summed E-state index contributed by atoms with van der Waals surface area (Å²) in [5.41, 5.74) is 1.37. The zero-order valence-corrected chi connectivity index (χ0v) is 13.1. The van der Waals surface area contributed by atoms with E-state index in [1.54, 1.807) is 13.0 Å². The van der Waals surface area contributed by atoms with Crippen molar-refractivity contribution in [2.75, 3.05) is 13.2 Å². The van der Waals surface area contributed by atoms with E-state index in [0.717, 1.165) is 0 Å². The van der Waals surface area contributed by atoms with Crippen LogP contribution < -0.4 is 10.1 Å². The molecular formula is C14H14Cl2N2O3. The summed E-state index contributed by atoms with van der Waals surface area (Å²) in [6, 6.07) is 3.67. The molecule has 5 nitrogen and oxygen atoms in total. The maximum absolute atomic E-state index is 11.3. The molecule has 0 aliphatic carbocycles. The van der Waals surface area contributed by atoms with Crippen molar-refractivity contribution in [1.82, 2.24) is 5.32 Å². The highest BCUT2D eigenvalue weighted by Crippen LogP contribution is 2.42. The number of nitriles is 1. The van der Waals surface area contributed by atoms with Crippen LogP contribution in [-0.4, -0.2) is 19.2 Å². The van der Waals surface area contributed by atoms with Crippen LogP contribution in [0, 0.1) is 11.3 Å². The zero-order valence-electron chi connectivity index (χ0n) is 11.6. The Hall–Kier alpha value is -1.64. The van der Waals surface area contributed by atoms with E-state index in [1.807, 2.05) is 13.0 Å². The van der Waals surface area contributed by atoms with Gasteiger partial charge in [-0.05, 0) is 19.9 Å². The number of hydrogen-bond acceptors (Lipinski definition) is 4. The van der Waals surface area contributed by atoms with Gasteiger partial charge in [0.25, 0.3) is 0 Å². The van der Waals surface area contributed by atoms with E-state index in [0.29, 0.717) is 23.5 Å². The molecule has 2 unspecified atom stereocenters. The van der Waals surface area contributed by atoms with Gasteiger partial charge >= 0.3 is 6.09 Å². The van der Waals surface area contributed by atoms with Crippen LogP contribution >= 0.6 is 23.2 Å². The number of cyclic esters (lactones) is 1. The number of carbonyl (C=O) groups is 1. The first-order valence-electron chi connectivity index (χ1n) is 6.47. The molecule has 0 bridgehead atoms. The molecule has 1 fully saturated rings. The molecule has 21 heavy (non-hydrogen) atoms. The van der Waals surface area contributed by atoms with Crippen LogP contribution in [0.5, 0.6) is 5.75 Å². The van der Waals surface area contributed by atoms with Gasteiger partial charge in [0.15, 0.2) is 6.10 Å². The van der Waals surface area contributed by atoms with E-state index in [4.69, 9.17) is 32.7 Å². The van der Waals surface area contributed by atoms with Crippen LogP contribution in [-0.2, 0) is 4.74 Å². The summed E-state index contributed by atoms with van der Waals surface area (Å²) < 4.78 is 10.8. The first kappa shape index (κ1) is 15.7. The number of ether oxygens (including phenoxy) is 2. The number of carbonyl (C=O) groups excluding carboxylic acids is 1. The third-order valence-corrected chi connectivity index (χ3v) is 3.66. The maximum atomic E-state index is 11.3. The molecule has 1 heterocycles. The van der Waals surface area contributed by atoms with E-state index >= 15 is 0 Å². The lowest BCUT2D eigenvalue weighted by atomic mass is 9.96. The molecule has 0 saturated carbocycles. The Morgan fingerprint density at radius 2 is 2.38 bits per heavy atom. The van der Waals surface area contributed by atoms with Crippen LogP contribution in [0.25, 0.3) is 0 Å². The summed E-state index contributed by atoms with van der Waals surface area (Å²) in [7, 11) is 0. The highest BCUT2D eigenvalue weighted by Gasteiger charge is 2.33. The number of alkyl carbamates (subject to hydrolysis) is 1.